The van der Waals surface area contributed by atoms with Gasteiger partial charge in [-0.3, -0.25) is 14.9 Å². The van der Waals surface area contributed by atoms with E-state index < -0.39 is 17.8 Å². The number of amides is 4. The number of nitrogens with one attached hydrogen (secondary N) is 1. The topological polar surface area (TPSA) is 86.7 Å². The van der Waals surface area contributed by atoms with E-state index in [4.69, 9.17) is 11.6 Å². The summed E-state index contributed by atoms with van der Waals surface area (Å²) in [4.78, 5) is 38.5. The Bertz CT molecular complexity index is 1090. The predicted molar refractivity (Wildman–Crippen MR) is 115 cm³/mol. The van der Waals surface area contributed by atoms with Crippen LogP contribution in [-0.2, 0) is 16.0 Å². The molecule has 29 heavy (non-hydrogen) atoms. The summed E-state index contributed by atoms with van der Waals surface area (Å²) < 4.78 is 0.408. The number of carbonyl (C=O) groups excluding carboxylic acids is 3. The molecule has 0 spiro atoms. The second-order valence-electron chi connectivity index (χ2n) is 6.39. The van der Waals surface area contributed by atoms with Crippen LogP contribution in [0.2, 0.25) is 5.02 Å². The first-order valence-electron chi connectivity index (χ1n) is 8.52. The van der Waals surface area contributed by atoms with Crippen molar-refractivity contribution in [3.05, 3.63) is 74.7 Å². The zero-order valence-corrected chi connectivity index (χ0v) is 17.7. The molecule has 0 aliphatic carbocycles. The average molecular weight is 476 g/mol. The minimum Gasteiger partial charge on any atom is -0.506 e. The number of nitrogens with zero attached hydrogens (tertiary/aromatic N) is 1. The van der Waals surface area contributed by atoms with Crippen LogP contribution in [0, 0.1) is 6.92 Å². The van der Waals surface area contributed by atoms with E-state index in [2.05, 4.69) is 27.8 Å². The van der Waals surface area contributed by atoms with Gasteiger partial charge < -0.3 is 5.11 Å². The average Bonchev–Trinajstić information content (AvgIpc) is 2.65. The highest BCUT2D eigenvalue weighted by molar-refractivity contribution is 9.10. The highest BCUT2D eigenvalue weighted by atomic mass is 79.9. The van der Waals surface area contributed by atoms with Crippen LogP contribution in [0.3, 0.4) is 0 Å². The number of imide groups is 2. The van der Waals surface area contributed by atoms with Crippen LogP contribution in [0.25, 0.3) is 6.08 Å². The zero-order valence-electron chi connectivity index (χ0n) is 15.3. The lowest BCUT2D eigenvalue weighted by atomic mass is 10.0. The van der Waals surface area contributed by atoms with Crippen molar-refractivity contribution in [1.29, 1.82) is 0 Å². The molecular weight excluding hydrogens is 460 g/mol. The number of rotatable bonds is 4. The lowest BCUT2D eigenvalue weighted by Crippen LogP contribution is -2.54. The zero-order chi connectivity index (χ0) is 21.3. The quantitative estimate of drug-likeness (QED) is 0.387. The van der Waals surface area contributed by atoms with Crippen molar-refractivity contribution in [2.75, 3.05) is 4.90 Å². The van der Waals surface area contributed by atoms with Gasteiger partial charge in [0.1, 0.15) is 11.3 Å². The summed E-state index contributed by atoms with van der Waals surface area (Å²) in [6.45, 7) is 5.44. The lowest BCUT2D eigenvalue weighted by Gasteiger charge is -2.26. The summed E-state index contributed by atoms with van der Waals surface area (Å²) in [6, 6.07) is 7.09. The summed E-state index contributed by atoms with van der Waals surface area (Å²) in [5.41, 5.74) is 1.89. The van der Waals surface area contributed by atoms with Crippen LogP contribution < -0.4 is 10.2 Å². The number of aryl methyl sites for hydroxylation is 1. The van der Waals surface area contributed by atoms with Crippen LogP contribution in [0.4, 0.5) is 10.5 Å². The van der Waals surface area contributed by atoms with Crippen molar-refractivity contribution in [3.8, 4) is 5.75 Å². The summed E-state index contributed by atoms with van der Waals surface area (Å²) in [6.07, 6.45) is 3.39. The summed E-state index contributed by atoms with van der Waals surface area (Å²) in [7, 11) is 0. The fourth-order valence-corrected chi connectivity index (χ4v) is 3.55. The van der Waals surface area contributed by atoms with E-state index in [1.807, 2.05) is 0 Å². The maximum absolute atomic E-state index is 13.0. The second-order valence-corrected chi connectivity index (χ2v) is 7.66. The molecule has 3 rings (SSSR count). The Balaban J connectivity index is 2.06. The lowest BCUT2D eigenvalue weighted by molar-refractivity contribution is -0.122. The van der Waals surface area contributed by atoms with E-state index in [1.165, 1.54) is 12.1 Å². The van der Waals surface area contributed by atoms with Gasteiger partial charge >= 0.3 is 6.03 Å². The van der Waals surface area contributed by atoms with E-state index >= 15 is 0 Å². The number of carbonyl (C=O) groups is 3. The van der Waals surface area contributed by atoms with Crippen LogP contribution in [0.5, 0.6) is 5.75 Å². The number of phenolic OH excluding ortho intramolecular Hbond substituents is 1. The third-order valence-electron chi connectivity index (χ3n) is 4.36. The molecule has 0 aromatic heterocycles. The molecule has 2 aromatic rings. The predicted octanol–water partition coefficient (Wildman–Crippen LogP) is 4.51. The molecule has 1 saturated heterocycles. The number of hydrogen-bond acceptors (Lipinski definition) is 4. The Labute approximate surface area is 180 Å². The summed E-state index contributed by atoms with van der Waals surface area (Å²) in [5, 5.41) is 12.7. The fraction of sp³-hybridized carbons (Fsp3) is 0.0952. The number of aromatic hydroxyl groups is 1. The SMILES string of the molecule is C=CCc1cc(/C=C2/C(=O)NC(=O)N(c3ccc(C)c(Cl)c3)C2=O)cc(Br)c1O. The van der Waals surface area contributed by atoms with E-state index in [0.717, 1.165) is 10.5 Å². The molecule has 2 N–H and O–H groups in total. The maximum Gasteiger partial charge on any atom is 0.335 e. The molecule has 1 aliphatic heterocycles. The molecule has 4 amide bonds. The highest BCUT2D eigenvalue weighted by Gasteiger charge is 2.37. The Morgan fingerprint density at radius 1 is 1.24 bits per heavy atom. The standard InChI is InChI=1S/C21H16BrClN2O4/c1-3-4-13-7-12(9-16(22)18(13)26)8-15-19(27)24-21(29)25(20(15)28)14-6-5-11(2)17(23)10-14/h3,5-10,26H,1,4H2,2H3,(H,24,27,29)/b15-8-. The molecule has 0 saturated carbocycles. The van der Waals surface area contributed by atoms with Gasteiger partial charge in [0.2, 0.25) is 0 Å². The molecular formula is C21H16BrClN2O4. The monoisotopic (exact) mass is 474 g/mol. The molecule has 1 aliphatic rings. The number of anilines is 1. The summed E-state index contributed by atoms with van der Waals surface area (Å²) >= 11 is 9.37. The first kappa shape index (κ1) is 20.8. The molecule has 0 radical (unpaired) electrons. The van der Waals surface area contributed by atoms with Crippen molar-refractivity contribution < 1.29 is 19.5 Å². The van der Waals surface area contributed by atoms with E-state index in [9.17, 15) is 19.5 Å². The highest BCUT2D eigenvalue weighted by Crippen LogP contribution is 2.32. The molecule has 1 heterocycles. The number of benzene rings is 2. The number of halogens is 2. The van der Waals surface area contributed by atoms with Crippen LogP contribution in [0.1, 0.15) is 16.7 Å². The van der Waals surface area contributed by atoms with E-state index in [1.54, 1.807) is 37.3 Å². The Kier molecular flexibility index (Phi) is 5.91. The molecule has 0 unspecified atom stereocenters. The van der Waals surface area contributed by atoms with Gasteiger partial charge in [0.05, 0.1) is 10.2 Å². The number of allylic oxidation sites excluding steroid dienone is 1. The van der Waals surface area contributed by atoms with Crippen molar-refractivity contribution in [1.82, 2.24) is 5.32 Å². The molecule has 0 bridgehead atoms. The Morgan fingerprint density at radius 3 is 2.62 bits per heavy atom. The van der Waals surface area contributed by atoms with Crippen molar-refractivity contribution in [2.24, 2.45) is 0 Å². The third-order valence-corrected chi connectivity index (χ3v) is 5.37. The first-order chi connectivity index (χ1) is 13.7. The Hall–Kier alpha value is -2.90. The number of urea groups is 1. The molecule has 0 atom stereocenters. The van der Waals surface area contributed by atoms with Gasteiger partial charge in [-0.2, -0.15) is 0 Å². The van der Waals surface area contributed by atoms with Gasteiger partial charge in [-0.05, 0) is 76.3 Å². The maximum atomic E-state index is 13.0. The van der Waals surface area contributed by atoms with Crippen LogP contribution >= 0.6 is 27.5 Å². The van der Waals surface area contributed by atoms with Crippen molar-refractivity contribution in [3.63, 3.8) is 0 Å². The first-order valence-corrected chi connectivity index (χ1v) is 9.70. The second kappa shape index (κ2) is 8.23. The molecule has 6 nitrogen and oxygen atoms in total. The normalized spacial score (nSPS) is 15.6. The summed E-state index contributed by atoms with van der Waals surface area (Å²) in [5.74, 6) is -1.52. The van der Waals surface area contributed by atoms with Gasteiger partial charge in [-0.1, -0.05) is 23.7 Å². The largest absolute Gasteiger partial charge is 0.506 e. The van der Waals surface area contributed by atoms with Crippen molar-refractivity contribution >= 4 is 57.1 Å². The smallest absolute Gasteiger partial charge is 0.335 e. The molecule has 1 fully saturated rings. The minimum atomic E-state index is -0.851. The van der Waals surface area contributed by atoms with E-state index in [-0.39, 0.29) is 17.0 Å². The number of phenols is 1. The van der Waals surface area contributed by atoms with Gasteiger partial charge in [0, 0.05) is 5.02 Å². The van der Waals surface area contributed by atoms with Gasteiger partial charge in [0.15, 0.2) is 0 Å². The Morgan fingerprint density at radius 2 is 1.97 bits per heavy atom. The van der Waals surface area contributed by atoms with Gasteiger partial charge in [0.25, 0.3) is 11.8 Å². The van der Waals surface area contributed by atoms with Crippen LogP contribution in [0.15, 0.2) is 53.0 Å². The van der Waals surface area contributed by atoms with Crippen LogP contribution in [-0.4, -0.2) is 23.0 Å². The number of hydrogen-bond donors (Lipinski definition) is 2. The van der Waals surface area contributed by atoms with Gasteiger partial charge in [-0.25, -0.2) is 9.69 Å². The van der Waals surface area contributed by atoms with E-state index in [0.29, 0.717) is 27.0 Å². The molecule has 2 aromatic carbocycles. The fourth-order valence-electron chi connectivity index (χ4n) is 2.85. The van der Waals surface area contributed by atoms with Crippen molar-refractivity contribution in [2.45, 2.75) is 13.3 Å². The molecule has 8 heteroatoms. The minimum absolute atomic E-state index is 0.0533. The van der Waals surface area contributed by atoms with Gasteiger partial charge in [-0.15, -0.1) is 6.58 Å². The number of barbiturate groups is 1. The third kappa shape index (κ3) is 4.11. The molecule has 148 valence electrons.